The van der Waals surface area contributed by atoms with Crippen LogP contribution in [-0.4, -0.2) is 78.0 Å². The lowest BCUT2D eigenvalue weighted by Gasteiger charge is -2.41. The van der Waals surface area contributed by atoms with E-state index >= 15 is 0 Å². The van der Waals surface area contributed by atoms with E-state index in [9.17, 15) is 9.90 Å². The number of nitrogens with one attached hydrogen (secondary N) is 1. The van der Waals surface area contributed by atoms with Gasteiger partial charge in [-0.05, 0) is 43.2 Å². The van der Waals surface area contributed by atoms with Crippen LogP contribution in [0.3, 0.4) is 0 Å². The van der Waals surface area contributed by atoms with Gasteiger partial charge in [-0.1, -0.05) is 18.1 Å². The van der Waals surface area contributed by atoms with E-state index < -0.39 is 0 Å². The Morgan fingerprint density at radius 1 is 1.12 bits per heavy atom. The van der Waals surface area contributed by atoms with Crippen LogP contribution in [0.5, 0.6) is 5.75 Å². The van der Waals surface area contributed by atoms with Crippen molar-refractivity contribution in [1.29, 1.82) is 0 Å². The first-order chi connectivity index (χ1) is 20.5. The number of carbonyl (C=O) groups is 1. The van der Waals surface area contributed by atoms with Crippen LogP contribution >= 0.6 is 0 Å². The molecule has 1 saturated heterocycles. The molecule has 0 aliphatic carbocycles. The molecule has 1 amide bonds. The summed E-state index contributed by atoms with van der Waals surface area (Å²) in [5.74, 6) is 7.08. The van der Waals surface area contributed by atoms with Crippen molar-refractivity contribution >= 4 is 28.9 Å². The van der Waals surface area contributed by atoms with Crippen molar-refractivity contribution in [1.82, 2.24) is 40.1 Å². The van der Waals surface area contributed by atoms with Crippen molar-refractivity contribution in [2.24, 2.45) is 0 Å². The van der Waals surface area contributed by atoms with E-state index in [1.54, 1.807) is 48.9 Å². The molecule has 210 valence electrons. The van der Waals surface area contributed by atoms with Gasteiger partial charge in [0.15, 0.2) is 17.2 Å². The number of aromatic nitrogens is 7. The third-order valence-corrected chi connectivity index (χ3v) is 6.89. The lowest BCUT2D eigenvalue weighted by Crippen LogP contribution is -2.52. The van der Waals surface area contributed by atoms with Crippen molar-refractivity contribution in [3.05, 3.63) is 78.6 Å². The van der Waals surface area contributed by atoms with Crippen molar-refractivity contribution < 1.29 is 9.90 Å². The third kappa shape index (κ3) is 5.46. The highest BCUT2D eigenvalue weighted by atomic mass is 16.3. The van der Waals surface area contributed by atoms with E-state index in [0.29, 0.717) is 48.2 Å². The van der Waals surface area contributed by atoms with E-state index in [4.69, 9.17) is 5.73 Å². The molecule has 0 unspecified atom stereocenters. The third-order valence-electron chi connectivity index (χ3n) is 6.89. The number of anilines is 3. The molecule has 1 aromatic carbocycles. The van der Waals surface area contributed by atoms with Crippen LogP contribution in [0, 0.1) is 11.8 Å². The van der Waals surface area contributed by atoms with Crippen LogP contribution in [0.1, 0.15) is 23.2 Å². The number of phenolic OH excluding ortho intramolecular Hbond substituents is 1. The molecule has 1 fully saturated rings. The Labute approximate surface area is 241 Å². The highest BCUT2D eigenvalue weighted by Gasteiger charge is 2.27. The predicted octanol–water partition coefficient (Wildman–Crippen LogP) is 1.76. The van der Waals surface area contributed by atoms with Crippen LogP contribution in [0.25, 0.3) is 16.9 Å². The molecule has 5 aromatic rings. The Balaban J connectivity index is 1.09. The first-order valence-corrected chi connectivity index (χ1v) is 13.3. The van der Waals surface area contributed by atoms with Gasteiger partial charge in [0.05, 0.1) is 17.9 Å². The van der Waals surface area contributed by atoms with Gasteiger partial charge in [0.2, 0.25) is 5.82 Å². The molecular weight excluding hydrogens is 534 g/mol. The fraction of sp³-hybridized carbons (Fsp3) is 0.207. The quantitative estimate of drug-likeness (QED) is 0.268. The Morgan fingerprint density at radius 3 is 2.83 bits per heavy atom. The zero-order chi connectivity index (χ0) is 29.1. The van der Waals surface area contributed by atoms with Crippen LogP contribution in [0.4, 0.5) is 17.3 Å². The molecular formula is C29H27N11O2. The standard InChI is InChI=1S/C29H27N11O2/c1-19-18-38(14-15-39(19)23-16-21(35-36-28(23)30)20-6-2-3-7-24(20)41)26-9-12-31-25(34-26)8-4-10-33-29(42)22-17-27-32-11-5-13-40(27)37-22/h2-3,5-7,9,11-13,16-17,19,41H,10,14-15,18H2,1H3,(H2,30,36)(H,33,42)/t19-/m1/s1. The number of piperazine rings is 1. The highest BCUT2D eigenvalue weighted by Crippen LogP contribution is 2.33. The number of para-hydroxylation sites is 1. The number of nitrogen functional groups attached to an aromatic ring is 1. The molecule has 0 spiro atoms. The first kappa shape index (κ1) is 26.5. The van der Waals surface area contributed by atoms with Crippen molar-refractivity contribution in [2.75, 3.05) is 41.7 Å². The molecule has 1 atom stereocenters. The van der Waals surface area contributed by atoms with Gasteiger partial charge in [0, 0.05) is 55.9 Å². The van der Waals surface area contributed by atoms with Gasteiger partial charge in [0.25, 0.3) is 5.91 Å². The molecule has 0 bridgehead atoms. The van der Waals surface area contributed by atoms with Crippen LogP contribution < -0.4 is 20.9 Å². The van der Waals surface area contributed by atoms with Gasteiger partial charge in [-0.2, -0.15) is 5.10 Å². The Kier molecular flexibility index (Phi) is 7.17. The number of carbonyl (C=O) groups excluding carboxylic acids is 1. The number of nitrogens with zero attached hydrogens (tertiary/aromatic N) is 9. The number of aromatic hydroxyl groups is 1. The first-order valence-electron chi connectivity index (χ1n) is 13.3. The lowest BCUT2D eigenvalue weighted by atomic mass is 10.1. The molecule has 13 heteroatoms. The van der Waals surface area contributed by atoms with Gasteiger partial charge >= 0.3 is 0 Å². The molecule has 4 N–H and O–H groups in total. The Hall–Kier alpha value is -5.77. The molecule has 6 rings (SSSR count). The van der Waals surface area contributed by atoms with Gasteiger partial charge < -0.3 is 26.0 Å². The molecule has 0 saturated carbocycles. The maximum Gasteiger partial charge on any atom is 0.272 e. The zero-order valence-corrected chi connectivity index (χ0v) is 22.7. The molecule has 1 aliphatic heterocycles. The minimum Gasteiger partial charge on any atom is -0.507 e. The van der Waals surface area contributed by atoms with E-state index in [0.717, 1.165) is 11.5 Å². The Bertz CT molecular complexity index is 1790. The topological polar surface area (TPSA) is 164 Å². The summed E-state index contributed by atoms with van der Waals surface area (Å²) in [6, 6.07) is 14.2. The van der Waals surface area contributed by atoms with Crippen LogP contribution in [0.15, 0.2) is 67.1 Å². The number of fused-ring (bicyclic) bond motifs is 1. The largest absolute Gasteiger partial charge is 0.507 e. The average molecular weight is 562 g/mol. The highest BCUT2D eigenvalue weighted by molar-refractivity contribution is 5.93. The summed E-state index contributed by atoms with van der Waals surface area (Å²) in [5, 5.41) is 25.6. The molecule has 42 heavy (non-hydrogen) atoms. The summed E-state index contributed by atoms with van der Waals surface area (Å²) in [4.78, 5) is 29.8. The maximum atomic E-state index is 12.4. The molecule has 1 aliphatic rings. The van der Waals surface area contributed by atoms with E-state index in [1.165, 1.54) is 4.52 Å². The fourth-order valence-electron chi connectivity index (χ4n) is 4.83. The van der Waals surface area contributed by atoms with Crippen molar-refractivity contribution in [2.45, 2.75) is 13.0 Å². The van der Waals surface area contributed by atoms with E-state index in [1.807, 2.05) is 18.2 Å². The normalized spacial score (nSPS) is 14.8. The summed E-state index contributed by atoms with van der Waals surface area (Å²) >= 11 is 0. The number of phenols is 1. The number of hydrogen-bond donors (Lipinski definition) is 3. The second-order valence-electron chi connectivity index (χ2n) is 9.68. The number of rotatable bonds is 5. The average Bonchev–Trinajstić information content (AvgIpc) is 3.45. The van der Waals surface area contributed by atoms with E-state index in [2.05, 4.69) is 64.1 Å². The van der Waals surface area contributed by atoms with Crippen molar-refractivity contribution in [3.63, 3.8) is 0 Å². The number of nitrogens with two attached hydrogens (primary N) is 1. The van der Waals surface area contributed by atoms with Crippen molar-refractivity contribution in [3.8, 4) is 28.8 Å². The molecule has 13 nitrogen and oxygen atoms in total. The van der Waals surface area contributed by atoms with Gasteiger partial charge in [0.1, 0.15) is 11.6 Å². The molecule has 0 radical (unpaired) electrons. The second-order valence-corrected chi connectivity index (χ2v) is 9.68. The summed E-state index contributed by atoms with van der Waals surface area (Å²) in [7, 11) is 0. The maximum absolute atomic E-state index is 12.4. The van der Waals surface area contributed by atoms with Gasteiger partial charge in [-0.15, -0.1) is 10.2 Å². The summed E-state index contributed by atoms with van der Waals surface area (Å²) < 4.78 is 1.54. The lowest BCUT2D eigenvalue weighted by molar-refractivity contribution is 0.0953. The second kappa shape index (κ2) is 11.4. The van der Waals surface area contributed by atoms with Gasteiger partial charge in [-0.25, -0.2) is 19.5 Å². The monoisotopic (exact) mass is 561 g/mol. The van der Waals surface area contributed by atoms with Crippen LogP contribution in [0.2, 0.25) is 0 Å². The smallest absolute Gasteiger partial charge is 0.272 e. The minimum atomic E-state index is -0.339. The number of benzene rings is 1. The SMILES string of the molecule is C[C@@H]1CN(c2ccnc(C#CCNC(=O)c3cc4ncccn4n3)n2)CCN1c1cc(-c2ccccc2O)nnc1N. The summed E-state index contributed by atoms with van der Waals surface area (Å²) in [6.07, 6.45) is 5.04. The fourth-order valence-corrected chi connectivity index (χ4v) is 4.83. The number of amides is 1. The zero-order valence-electron chi connectivity index (χ0n) is 22.7. The van der Waals surface area contributed by atoms with Crippen LogP contribution in [-0.2, 0) is 0 Å². The Morgan fingerprint density at radius 2 is 2.00 bits per heavy atom. The van der Waals surface area contributed by atoms with Gasteiger partial charge in [-0.3, -0.25) is 4.79 Å². The van der Waals surface area contributed by atoms with E-state index in [-0.39, 0.29) is 29.9 Å². The number of hydrogen-bond acceptors (Lipinski definition) is 11. The molecule has 4 aromatic heterocycles. The minimum absolute atomic E-state index is 0.0805. The molecule has 5 heterocycles. The summed E-state index contributed by atoms with van der Waals surface area (Å²) in [5.41, 5.74) is 9.01. The summed E-state index contributed by atoms with van der Waals surface area (Å²) in [6.45, 7) is 4.27. The predicted molar refractivity (Wildman–Crippen MR) is 157 cm³/mol.